The van der Waals surface area contributed by atoms with Crippen LogP contribution >= 0.6 is 0 Å². The summed E-state index contributed by atoms with van der Waals surface area (Å²) in [7, 11) is 0. The summed E-state index contributed by atoms with van der Waals surface area (Å²) in [5.41, 5.74) is 9.38. The number of rotatable bonds is 3. The van der Waals surface area contributed by atoms with E-state index in [1.165, 1.54) is 0 Å². The molecule has 3 nitrogen and oxygen atoms in total. The number of carbonyl (C=O) groups is 1. The van der Waals surface area contributed by atoms with Crippen LogP contribution in [-0.4, -0.2) is 23.9 Å². The number of amides is 1. The first-order chi connectivity index (χ1) is 9.81. The van der Waals surface area contributed by atoms with Gasteiger partial charge in [0, 0.05) is 24.2 Å². The van der Waals surface area contributed by atoms with Gasteiger partial charge in [0.1, 0.15) is 0 Å². The summed E-state index contributed by atoms with van der Waals surface area (Å²) in [6, 6.07) is 17.7. The molecule has 2 aromatic carbocycles. The van der Waals surface area contributed by atoms with Gasteiger partial charge in [0.15, 0.2) is 0 Å². The maximum Gasteiger partial charge on any atom is 0.259 e. The Kier molecular flexibility index (Phi) is 3.35. The fraction of sp³-hybridized carbons (Fsp3) is 0.118. The van der Waals surface area contributed by atoms with Crippen molar-refractivity contribution in [2.24, 2.45) is 5.73 Å². The van der Waals surface area contributed by atoms with Gasteiger partial charge < -0.3 is 10.6 Å². The Morgan fingerprint density at radius 1 is 0.950 bits per heavy atom. The smallest absolute Gasteiger partial charge is 0.259 e. The van der Waals surface area contributed by atoms with E-state index >= 15 is 0 Å². The summed E-state index contributed by atoms with van der Waals surface area (Å²) in [4.78, 5) is 14.2. The molecule has 20 heavy (non-hydrogen) atoms. The van der Waals surface area contributed by atoms with Crippen LogP contribution in [0.5, 0.6) is 0 Å². The van der Waals surface area contributed by atoms with Crippen LogP contribution in [0.1, 0.15) is 21.5 Å². The lowest BCUT2D eigenvalue weighted by Gasteiger charge is -2.17. The molecule has 0 atom stereocenters. The molecule has 1 aliphatic rings. The molecule has 3 rings (SSSR count). The fourth-order valence-electron chi connectivity index (χ4n) is 2.51. The third-order valence-corrected chi connectivity index (χ3v) is 3.43. The zero-order valence-corrected chi connectivity index (χ0v) is 11.1. The van der Waals surface area contributed by atoms with Crippen molar-refractivity contribution in [2.75, 3.05) is 13.1 Å². The highest BCUT2D eigenvalue weighted by Gasteiger charge is 2.30. The van der Waals surface area contributed by atoms with Crippen molar-refractivity contribution in [1.82, 2.24) is 4.90 Å². The average Bonchev–Trinajstić information content (AvgIpc) is 2.75. The Morgan fingerprint density at radius 2 is 1.60 bits per heavy atom. The van der Waals surface area contributed by atoms with E-state index in [0.29, 0.717) is 13.1 Å². The van der Waals surface area contributed by atoms with E-state index in [1.807, 2.05) is 60.7 Å². The first-order valence-corrected chi connectivity index (χ1v) is 6.69. The Morgan fingerprint density at radius 3 is 2.30 bits per heavy atom. The maximum atomic E-state index is 12.4. The molecule has 100 valence electrons. The van der Waals surface area contributed by atoms with Crippen molar-refractivity contribution in [3.8, 4) is 0 Å². The Balaban J connectivity index is 2.11. The highest BCUT2D eigenvalue weighted by Crippen LogP contribution is 2.33. The lowest BCUT2D eigenvalue weighted by atomic mass is 10.1. The van der Waals surface area contributed by atoms with Crippen molar-refractivity contribution in [3.63, 3.8) is 0 Å². The van der Waals surface area contributed by atoms with E-state index in [2.05, 4.69) is 0 Å². The first kappa shape index (κ1) is 12.6. The number of carbonyl (C=O) groups excluding carboxylic acids is 1. The monoisotopic (exact) mass is 264 g/mol. The Labute approximate surface area is 118 Å². The van der Waals surface area contributed by atoms with Gasteiger partial charge in [-0.05, 0) is 17.7 Å². The lowest BCUT2D eigenvalue weighted by molar-refractivity contribution is 0.0854. The van der Waals surface area contributed by atoms with Gasteiger partial charge in [-0.1, -0.05) is 48.5 Å². The molecule has 0 aliphatic carbocycles. The molecule has 2 aromatic rings. The summed E-state index contributed by atoms with van der Waals surface area (Å²) in [6.45, 7) is 0.984. The van der Waals surface area contributed by atoms with E-state index in [1.54, 1.807) is 4.90 Å². The second-order valence-electron chi connectivity index (χ2n) is 4.73. The molecule has 0 spiro atoms. The lowest BCUT2D eigenvalue weighted by Crippen LogP contribution is -2.29. The molecule has 0 radical (unpaired) electrons. The standard InChI is InChI=1S/C17H16N2O/c18-10-11-19-16(12-13-6-2-1-3-7-13)14-8-4-5-9-15(14)17(19)20/h1-9,12H,10-11,18H2/b16-12-. The zero-order valence-electron chi connectivity index (χ0n) is 11.1. The minimum Gasteiger partial charge on any atom is -0.329 e. The molecule has 0 aromatic heterocycles. The highest BCUT2D eigenvalue weighted by atomic mass is 16.2. The second kappa shape index (κ2) is 5.31. The van der Waals surface area contributed by atoms with E-state index in [9.17, 15) is 4.79 Å². The quantitative estimate of drug-likeness (QED) is 0.926. The van der Waals surface area contributed by atoms with Gasteiger partial charge >= 0.3 is 0 Å². The Bertz CT molecular complexity index is 662. The zero-order chi connectivity index (χ0) is 13.9. The molecule has 0 fully saturated rings. The van der Waals surface area contributed by atoms with Crippen LogP contribution < -0.4 is 5.73 Å². The molecule has 3 heteroatoms. The van der Waals surface area contributed by atoms with E-state index < -0.39 is 0 Å². The van der Waals surface area contributed by atoms with Crippen LogP contribution in [0.3, 0.4) is 0 Å². The number of fused-ring (bicyclic) bond motifs is 1. The van der Waals surface area contributed by atoms with Crippen LogP contribution in [0.4, 0.5) is 0 Å². The van der Waals surface area contributed by atoms with E-state index in [0.717, 1.165) is 22.4 Å². The third kappa shape index (κ3) is 2.12. The Hall–Kier alpha value is -2.39. The minimum atomic E-state index is 0.0354. The number of nitrogens with zero attached hydrogens (tertiary/aromatic N) is 1. The van der Waals surface area contributed by atoms with E-state index in [4.69, 9.17) is 5.73 Å². The molecule has 1 heterocycles. The average molecular weight is 264 g/mol. The van der Waals surface area contributed by atoms with Crippen molar-refractivity contribution in [2.45, 2.75) is 0 Å². The molecule has 1 amide bonds. The summed E-state index contributed by atoms with van der Waals surface area (Å²) >= 11 is 0. The molecular formula is C17H16N2O. The molecular weight excluding hydrogens is 248 g/mol. The molecule has 0 unspecified atom stereocenters. The summed E-state index contributed by atoms with van der Waals surface area (Å²) in [5, 5.41) is 0. The molecule has 0 saturated heterocycles. The van der Waals surface area contributed by atoms with Crippen LogP contribution in [0.15, 0.2) is 54.6 Å². The van der Waals surface area contributed by atoms with Crippen molar-refractivity contribution < 1.29 is 4.79 Å². The van der Waals surface area contributed by atoms with Gasteiger partial charge in [0.2, 0.25) is 0 Å². The minimum absolute atomic E-state index is 0.0354. The maximum absolute atomic E-state index is 12.4. The topological polar surface area (TPSA) is 46.3 Å². The predicted octanol–water partition coefficient (Wildman–Crippen LogP) is 2.60. The van der Waals surface area contributed by atoms with E-state index in [-0.39, 0.29) is 5.91 Å². The number of benzene rings is 2. The normalized spacial score (nSPS) is 15.8. The van der Waals surface area contributed by atoms with Gasteiger partial charge in [-0.2, -0.15) is 0 Å². The first-order valence-electron chi connectivity index (χ1n) is 6.69. The second-order valence-corrected chi connectivity index (χ2v) is 4.73. The van der Waals surface area contributed by atoms with Crippen molar-refractivity contribution >= 4 is 17.7 Å². The molecule has 2 N–H and O–H groups in total. The molecule has 0 bridgehead atoms. The van der Waals surface area contributed by atoms with Crippen molar-refractivity contribution in [3.05, 3.63) is 71.3 Å². The van der Waals surface area contributed by atoms with Gasteiger partial charge in [0.05, 0.1) is 5.70 Å². The van der Waals surface area contributed by atoms with Crippen LogP contribution in [0, 0.1) is 0 Å². The van der Waals surface area contributed by atoms with Crippen molar-refractivity contribution in [1.29, 1.82) is 0 Å². The van der Waals surface area contributed by atoms with Crippen LogP contribution in [0.25, 0.3) is 11.8 Å². The molecule has 0 saturated carbocycles. The number of hydrogen-bond acceptors (Lipinski definition) is 2. The number of nitrogens with two attached hydrogens (primary N) is 1. The largest absolute Gasteiger partial charge is 0.329 e. The van der Waals surface area contributed by atoms with Crippen LogP contribution in [0.2, 0.25) is 0 Å². The predicted molar refractivity (Wildman–Crippen MR) is 80.8 cm³/mol. The summed E-state index contributed by atoms with van der Waals surface area (Å²) in [6.07, 6.45) is 2.04. The highest BCUT2D eigenvalue weighted by molar-refractivity contribution is 6.11. The van der Waals surface area contributed by atoms with Gasteiger partial charge in [0.25, 0.3) is 5.91 Å². The van der Waals surface area contributed by atoms with Gasteiger partial charge in [-0.3, -0.25) is 4.79 Å². The summed E-state index contributed by atoms with van der Waals surface area (Å²) < 4.78 is 0. The number of hydrogen-bond donors (Lipinski definition) is 1. The molecule has 1 aliphatic heterocycles. The van der Waals surface area contributed by atoms with Gasteiger partial charge in [-0.15, -0.1) is 0 Å². The van der Waals surface area contributed by atoms with Crippen LogP contribution in [-0.2, 0) is 0 Å². The third-order valence-electron chi connectivity index (χ3n) is 3.43. The van der Waals surface area contributed by atoms with Gasteiger partial charge in [-0.25, -0.2) is 0 Å². The summed E-state index contributed by atoms with van der Waals surface area (Å²) in [5.74, 6) is 0.0354. The SMILES string of the molecule is NCCN1C(=O)c2ccccc2/C1=C/c1ccccc1. The fourth-order valence-corrected chi connectivity index (χ4v) is 2.51.